The first-order valence-electron chi connectivity index (χ1n) is 6.60. The first-order chi connectivity index (χ1) is 7.77. The van der Waals surface area contributed by atoms with Crippen LogP contribution in [0.3, 0.4) is 0 Å². The van der Waals surface area contributed by atoms with Crippen molar-refractivity contribution in [1.29, 1.82) is 0 Å². The monoisotopic (exact) mass is 233 g/mol. The van der Waals surface area contributed by atoms with Crippen molar-refractivity contribution in [3.63, 3.8) is 0 Å². The van der Waals surface area contributed by atoms with Crippen molar-refractivity contribution in [3.05, 3.63) is 34.4 Å². The predicted molar refractivity (Wildman–Crippen MR) is 76.4 cm³/mol. The molecule has 0 fully saturated rings. The first-order valence-corrected chi connectivity index (χ1v) is 6.60. The van der Waals surface area contributed by atoms with Crippen LogP contribution in [0.4, 0.5) is 0 Å². The van der Waals surface area contributed by atoms with Crippen molar-refractivity contribution in [3.8, 4) is 0 Å². The summed E-state index contributed by atoms with van der Waals surface area (Å²) in [4.78, 5) is 0. The summed E-state index contributed by atoms with van der Waals surface area (Å²) in [5.41, 5.74) is 12.1. The van der Waals surface area contributed by atoms with Gasteiger partial charge in [0, 0.05) is 6.04 Å². The van der Waals surface area contributed by atoms with Crippen LogP contribution in [0.15, 0.2) is 12.1 Å². The maximum atomic E-state index is 6.37. The normalized spacial score (nSPS) is 13.8. The Bertz CT molecular complexity index is 368. The van der Waals surface area contributed by atoms with Gasteiger partial charge in [-0.3, -0.25) is 0 Å². The Balaban J connectivity index is 2.96. The van der Waals surface area contributed by atoms with Crippen LogP contribution in [-0.2, 0) is 6.42 Å². The summed E-state index contributed by atoms with van der Waals surface area (Å²) in [6, 6.07) is 4.75. The van der Waals surface area contributed by atoms with Crippen molar-refractivity contribution in [2.45, 2.75) is 60.4 Å². The van der Waals surface area contributed by atoms with Crippen molar-refractivity contribution < 1.29 is 0 Å². The van der Waals surface area contributed by atoms with E-state index in [1.54, 1.807) is 0 Å². The van der Waals surface area contributed by atoms with E-state index < -0.39 is 0 Å². The van der Waals surface area contributed by atoms with Gasteiger partial charge in [-0.15, -0.1) is 0 Å². The van der Waals surface area contributed by atoms with Gasteiger partial charge in [0.05, 0.1) is 0 Å². The Morgan fingerprint density at radius 3 is 2.00 bits per heavy atom. The van der Waals surface area contributed by atoms with E-state index >= 15 is 0 Å². The van der Waals surface area contributed by atoms with Gasteiger partial charge in [0.15, 0.2) is 0 Å². The molecule has 0 aliphatic carbocycles. The highest BCUT2D eigenvalue weighted by molar-refractivity contribution is 5.38. The summed E-state index contributed by atoms with van der Waals surface area (Å²) < 4.78 is 0. The van der Waals surface area contributed by atoms with Crippen LogP contribution in [0.2, 0.25) is 0 Å². The van der Waals surface area contributed by atoms with Crippen LogP contribution in [0.1, 0.15) is 49.4 Å². The molecule has 1 nitrogen and oxygen atoms in total. The molecule has 1 unspecified atom stereocenters. The molecule has 0 saturated heterocycles. The van der Waals surface area contributed by atoms with E-state index in [1.807, 2.05) is 0 Å². The van der Waals surface area contributed by atoms with E-state index in [0.29, 0.717) is 0 Å². The smallest absolute Gasteiger partial charge is 0.0131 e. The zero-order chi connectivity index (χ0) is 13.2. The van der Waals surface area contributed by atoms with Crippen LogP contribution in [0.25, 0.3) is 0 Å². The van der Waals surface area contributed by atoms with Crippen molar-refractivity contribution >= 4 is 0 Å². The largest absolute Gasteiger partial charge is 0.327 e. The van der Waals surface area contributed by atoms with Gasteiger partial charge in [0.1, 0.15) is 0 Å². The molecule has 1 aromatic rings. The number of aryl methyl sites for hydroxylation is 3. The van der Waals surface area contributed by atoms with E-state index in [9.17, 15) is 0 Å². The van der Waals surface area contributed by atoms with E-state index in [0.717, 1.165) is 12.8 Å². The summed E-state index contributed by atoms with van der Waals surface area (Å²) in [6.45, 7) is 13.3. The SMILES string of the molecule is CCC(C)(C)C(N)Cc1c(C)cc(C)cc1C. The van der Waals surface area contributed by atoms with E-state index in [4.69, 9.17) is 5.73 Å². The number of nitrogens with two attached hydrogens (primary N) is 1. The second-order valence-corrected chi connectivity index (χ2v) is 6.03. The lowest BCUT2D eigenvalue weighted by atomic mass is 9.78. The molecular weight excluding hydrogens is 206 g/mol. The van der Waals surface area contributed by atoms with E-state index in [-0.39, 0.29) is 11.5 Å². The summed E-state index contributed by atoms with van der Waals surface area (Å²) in [5.74, 6) is 0. The van der Waals surface area contributed by atoms with Gasteiger partial charge in [-0.2, -0.15) is 0 Å². The molecule has 2 N–H and O–H groups in total. The molecule has 1 heteroatoms. The fourth-order valence-electron chi connectivity index (χ4n) is 2.29. The third kappa shape index (κ3) is 3.32. The van der Waals surface area contributed by atoms with E-state index in [1.165, 1.54) is 22.3 Å². The summed E-state index contributed by atoms with van der Waals surface area (Å²) in [7, 11) is 0. The summed E-state index contributed by atoms with van der Waals surface area (Å²) in [5, 5.41) is 0. The molecular formula is C16H27N. The minimum Gasteiger partial charge on any atom is -0.327 e. The Kier molecular flexibility index (Phi) is 4.37. The van der Waals surface area contributed by atoms with E-state index in [2.05, 4.69) is 53.7 Å². The standard InChI is InChI=1S/C16H27N/c1-7-16(5,6)15(17)10-14-12(3)8-11(2)9-13(14)4/h8-9,15H,7,10,17H2,1-6H3. The van der Waals surface area contributed by atoms with Gasteiger partial charge in [-0.25, -0.2) is 0 Å². The number of rotatable bonds is 4. The minimum atomic E-state index is 0.212. The average molecular weight is 233 g/mol. The topological polar surface area (TPSA) is 26.0 Å². The number of benzene rings is 1. The molecule has 0 aliphatic heterocycles. The Hall–Kier alpha value is -0.820. The van der Waals surface area contributed by atoms with Crippen LogP contribution >= 0.6 is 0 Å². The average Bonchev–Trinajstić information content (AvgIpc) is 2.22. The molecule has 1 atom stereocenters. The minimum absolute atomic E-state index is 0.212. The second-order valence-electron chi connectivity index (χ2n) is 6.03. The fourth-order valence-corrected chi connectivity index (χ4v) is 2.29. The third-order valence-corrected chi connectivity index (χ3v) is 4.18. The summed E-state index contributed by atoms with van der Waals surface area (Å²) in [6.07, 6.45) is 2.11. The van der Waals surface area contributed by atoms with Crippen molar-refractivity contribution in [2.75, 3.05) is 0 Å². The van der Waals surface area contributed by atoms with Gasteiger partial charge >= 0.3 is 0 Å². The molecule has 0 saturated carbocycles. The molecule has 0 aliphatic rings. The molecule has 0 aromatic heterocycles. The molecule has 96 valence electrons. The van der Waals surface area contributed by atoms with Gasteiger partial charge in [-0.05, 0) is 55.7 Å². The lowest BCUT2D eigenvalue weighted by molar-refractivity contribution is 0.272. The quantitative estimate of drug-likeness (QED) is 0.838. The lowest BCUT2D eigenvalue weighted by Crippen LogP contribution is -2.39. The van der Waals surface area contributed by atoms with Crippen LogP contribution < -0.4 is 5.73 Å². The zero-order valence-electron chi connectivity index (χ0n) is 12.2. The molecule has 17 heavy (non-hydrogen) atoms. The molecule has 0 amide bonds. The molecule has 0 heterocycles. The number of hydrogen-bond donors (Lipinski definition) is 1. The molecule has 0 bridgehead atoms. The van der Waals surface area contributed by atoms with Gasteiger partial charge in [0.25, 0.3) is 0 Å². The van der Waals surface area contributed by atoms with Crippen LogP contribution in [-0.4, -0.2) is 6.04 Å². The lowest BCUT2D eigenvalue weighted by Gasteiger charge is -2.31. The molecule has 1 aromatic carbocycles. The van der Waals surface area contributed by atoms with Crippen LogP contribution in [0.5, 0.6) is 0 Å². The zero-order valence-corrected chi connectivity index (χ0v) is 12.2. The first kappa shape index (κ1) is 14.2. The molecule has 0 spiro atoms. The Morgan fingerprint density at radius 2 is 1.59 bits per heavy atom. The molecule has 1 rings (SSSR count). The highest BCUT2D eigenvalue weighted by atomic mass is 14.7. The maximum Gasteiger partial charge on any atom is 0.0131 e. The molecule has 0 radical (unpaired) electrons. The van der Waals surface area contributed by atoms with Crippen molar-refractivity contribution in [2.24, 2.45) is 11.1 Å². The Labute approximate surface area is 106 Å². The highest BCUT2D eigenvalue weighted by Crippen LogP contribution is 2.28. The van der Waals surface area contributed by atoms with Gasteiger partial charge in [-0.1, -0.05) is 38.5 Å². The second kappa shape index (κ2) is 5.22. The van der Waals surface area contributed by atoms with Crippen LogP contribution in [0, 0.1) is 26.2 Å². The third-order valence-electron chi connectivity index (χ3n) is 4.18. The highest BCUT2D eigenvalue weighted by Gasteiger charge is 2.25. The maximum absolute atomic E-state index is 6.37. The van der Waals surface area contributed by atoms with Gasteiger partial charge in [0.2, 0.25) is 0 Å². The van der Waals surface area contributed by atoms with Crippen molar-refractivity contribution in [1.82, 2.24) is 0 Å². The predicted octanol–water partition coefficient (Wildman–Crippen LogP) is 3.92. The number of hydrogen-bond acceptors (Lipinski definition) is 1. The fraction of sp³-hybridized carbons (Fsp3) is 0.625. The summed E-state index contributed by atoms with van der Waals surface area (Å²) >= 11 is 0. The van der Waals surface area contributed by atoms with Gasteiger partial charge < -0.3 is 5.73 Å². The Morgan fingerprint density at radius 1 is 1.12 bits per heavy atom.